The Balaban J connectivity index is 1.63. The third-order valence-electron chi connectivity index (χ3n) is 5.00. The summed E-state index contributed by atoms with van der Waals surface area (Å²) in [7, 11) is 0. The van der Waals surface area contributed by atoms with Crippen LogP contribution >= 0.6 is 0 Å². The Bertz CT molecular complexity index is 800. The first kappa shape index (κ1) is 20.7. The molecule has 3 rings (SSSR count). The smallest absolute Gasteiger partial charge is 0.261 e. The van der Waals surface area contributed by atoms with Crippen molar-refractivity contribution in [1.82, 2.24) is 5.32 Å². The van der Waals surface area contributed by atoms with E-state index < -0.39 is 24.0 Å². The lowest BCUT2D eigenvalue weighted by Gasteiger charge is -2.23. The highest BCUT2D eigenvalue weighted by Gasteiger charge is 2.21. The van der Waals surface area contributed by atoms with E-state index in [9.17, 15) is 14.7 Å². The molecule has 1 N–H and O–H groups in total. The van der Waals surface area contributed by atoms with Gasteiger partial charge >= 0.3 is 0 Å². The van der Waals surface area contributed by atoms with Gasteiger partial charge in [-0.05, 0) is 62.4 Å². The molecule has 1 fully saturated rings. The molecule has 1 aliphatic carbocycles. The van der Waals surface area contributed by atoms with Crippen molar-refractivity contribution >= 4 is 11.9 Å². The number of ether oxygens (including phenoxy) is 2. The maximum atomic E-state index is 12.5. The van der Waals surface area contributed by atoms with Crippen LogP contribution < -0.4 is 19.9 Å². The molecule has 1 aliphatic rings. The van der Waals surface area contributed by atoms with Crippen molar-refractivity contribution in [3.8, 4) is 11.5 Å². The van der Waals surface area contributed by atoms with E-state index in [1.165, 1.54) is 12.8 Å². The number of amides is 1. The summed E-state index contributed by atoms with van der Waals surface area (Å²) in [5, 5.41) is 14.0. The minimum absolute atomic E-state index is 0.246. The summed E-state index contributed by atoms with van der Waals surface area (Å²) in [6.07, 6.45) is 3.64. The molecular formula is C23H26NO5-. The Morgan fingerprint density at radius 1 is 1.03 bits per heavy atom. The molecule has 0 aromatic heterocycles. The average Bonchev–Trinajstić information content (AvgIpc) is 3.21. The molecule has 0 saturated heterocycles. The number of benzene rings is 2. The highest BCUT2D eigenvalue weighted by molar-refractivity contribution is 5.81. The standard InChI is InChI=1S/C23H27NO5/c1-16(28-18-7-3-2-4-8-18)23(27)24-21(15-22(25)26)17-11-13-20(14-12-17)29-19-9-5-6-10-19/h2-4,7-8,11-14,16,19,21H,5-6,9-10,15H2,1H3,(H,24,27)(H,25,26)/p-1/t16-,21+/m0/s1. The van der Waals surface area contributed by atoms with Gasteiger partial charge < -0.3 is 24.7 Å². The van der Waals surface area contributed by atoms with Gasteiger partial charge in [-0.25, -0.2) is 0 Å². The summed E-state index contributed by atoms with van der Waals surface area (Å²) in [5.74, 6) is -0.315. The van der Waals surface area contributed by atoms with Gasteiger partial charge in [0, 0.05) is 12.4 Å². The summed E-state index contributed by atoms with van der Waals surface area (Å²) in [6.45, 7) is 1.62. The number of para-hydroxylation sites is 1. The van der Waals surface area contributed by atoms with Crippen molar-refractivity contribution in [2.24, 2.45) is 0 Å². The van der Waals surface area contributed by atoms with Crippen molar-refractivity contribution in [1.29, 1.82) is 0 Å². The highest BCUT2D eigenvalue weighted by atomic mass is 16.5. The van der Waals surface area contributed by atoms with Crippen LogP contribution in [-0.2, 0) is 9.59 Å². The number of carboxylic acids is 1. The Morgan fingerprint density at radius 2 is 1.69 bits per heavy atom. The fourth-order valence-electron chi connectivity index (χ4n) is 3.44. The van der Waals surface area contributed by atoms with Crippen molar-refractivity contribution in [2.75, 3.05) is 0 Å². The zero-order chi connectivity index (χ0) is 20.6. The largest absolute Gasteiger partial charge is 0.550 e. The number of hydrogen-bond donors (Lipinski definition) is 1. The van der Waals surface area contributed by atoms with Crippen LogP contribution in [0.25, 0.3) is 0 Å². The molecule has 0 bridgehead atoms. The molecule has 0 radical (unpaired) electrons. The summed E-state index contributed by atoms with van der Waals surface area (Å²) in [6, 6.07) is 15.5. The van der Waals surface area contributed by atoms with Crippen LogP contribution in [0.1, 0.15) is 50.6 Å². The zero-order valence-electron chi connectivity index (χ0n) is 16.5. The van der Waals surface area contributed by atoms with Crippen LogP contribution in [0.4, 0.5) is 0 Å². The van der Waals surface area contributed by atoms with Gasteiger partial charge in [-0.2, -0.15) is 0 Å². The Kier molecular flexibility index (Phi) is 7.11. The predicted octanol–water partition coefficient (Wildman–Crippen LogP) is 2.77. The normalized spacial score (nSPS) is 16.0. The van der Waals surface area contributed by atoms with Gasteiger partial charge in [0.15, 0.2) is 6.10 Å². The van der Waals surface area contributed by atoms with Crippen LogP contribution in [0.2, 0.25) is 0 Å². The second kappa shape index (κ2) is 9.96. The number of carbonyl (C=O) groups excluding carboxylic acids is 2. The number of carboxylic acid groups (broad SMARTS) is 1. The average molecular weight is 396 g/mol. The first-order chi connectivity index (χ1) is 14.0. The fourth-order valence-corrected chi connectivity index (χ4v) is 3.44. The van der Waals surface area contributed by atoms with Gasteiger partial charge in [-0.3, -0.25) is 4.79 Å². The van der Waals surface area contributed by atoms with Gasteiger partial charge in [-0.1, -0.05) is 30.3 Å². The van der Waals surface area contributed by atoms with Crippen LogP contribution in [0.15, 0.2) is 54.6 Å². The molecule has 154 valence electrons. The third-order valence-corrected chi connectivity index (χ3v) is 5.00. The second-order valence-electron chi connectivity index (χ2n) is 7.30. The topological polar surface area (TPSA) is 87.7 Å². The van der Waals surface area contributed by atoms with E-state index in [0.29, 0.717) is 11.3 Å². The van der Waals surface area contributed by atoms with E-state index in [1.807, 2.05) is 30.3 Å². The minimum Gasteiger partial charge on any atom is -0.550 e. The Morgan fingerprint density at radius 3 is 2.31 bits per heavy atom. The first-order valence-electron chi connectivity index (χ1n) is 10.00. The summed E-state index contributed by atoms with van der Waals surface area (Å²) in [5.41, 5.74) is 0.674. The van der Waals surface area contributed by atoms with E-state index in [2.05, 4.69) is 5.32 Å². The quantitative estimate of drug-likeness (QED) is 0.704. The minimum atomic E-state index is -1.24. The van der Waals surface area contributed by atoms with Crippen LogP contribution in [-0.4, -0.2) is 24.1 Å². The van der Waals surface area contributed by atoms with E-state index in [-0.39, 0.29) is 12.5 Å². The fraction of sp³-hybridized carbons (Fsp3) is 0.391. The number of carbonyl (C=O) groups is 2. The molecule has 0 heterocycles. The van der Waals surface area contributed by atoms with Crippen LogP contribution in [0.3, 0.4) is 0 Å². The molecule has 0 spiro atoms. The predicted molar refractivity (Wildman–Crippen MR) is 106 cm³/mol. The number of nitrogens with one attached hydrogen (secondary N) is 1. The van der Waals surface area contributed by atoms with Gasteiger partial charge in [0.2, 0.25) is 0 Å². The SMILES string of the molecule is C[C@H](Oc1ccccc1)C(=O)N[C@H](CC(=O)[O-])c1ccc(OC2CCCC2)cc1. The van der Waals surface area contributed by atoms with Crippen molar-refractivity contribution in [3.05, 3.63) is 60.2 Å². The molecule has 1 saturated carbocycles. The van der Waals surface area contributed by atoms with E-state index in [0.717, 1.165) is 18.6 Å². The summed E-state index contributed by atoms with van der Waals surface area (Å²) >= 11 is 0. The first-order valence-corrected chi connectivity index (χ1v) is 10.00. The maximum Gasteiger partial charge on any atom is 0.261 e. The molecule has 2 atom stereocenters. The summed E-state index contributed by atoms with van der Waals surface area (Å²) in [4.78, 5) is 23.7. The zero-order valence-corrected chi connectivity index (χ0v) is 16.5. The van der Waals surface area contributed by atoms with E-state index in [1.54, 1.807) is 31.2 Å². The third kappa shape index (κ3) is 6.24. The molecule has 1 amide bonds. The highest BCUT2D eigenvalue weighted by Crippen LogP contribution is 2.26. The Labute approximate surface area is 170 Å². The maximum absolute atomic E-state index is 12.5. The van der Waals surface area contributed by atoms with Gasteiger partial charge in [0.1, 0.15) is 11.5 Å². The Hall–Kier alpha value is -3.02. The van der Waals surface area contributed by atoms with Gasteiger partial charge in [-0.15, -0.1) is 0 Å². The monoisotopic (exact) mass is 396 g/mol. The van der Waals surface area contributed by atoms with Crippen LogP contribution in [0.5, 0.6) is 11.5 Å². The lowest BCUT2D eigenvalue weighted by atomic mass is 10.0. The van der Waals surface area contributed by atoms with Gasteiger partial charge in [0.05, 0.1) is 12.1 Å². The molecule has 6 heteroatoms. The molecule has 0 aliphatic heterocycles. The lowest BCUT2D eigenvalue weighted by Crippen LogP contribution is -2.40. The van der Waals surface area contributed by atoms with Crippen molar-refractivity contribution < 1.29 is 24.2 Å². The van der Waals surface area contributed by atoms with Gasteiger partial charge in [0.25, 0.3) is 5.91 Å². The molecule has 29 heavy (non-hydrogen) atoms. The van der Waals surface area contributed by atoms with Crippen LogP contribution in [0, 0.1) is 0 Å². The van der Waals surface area contributed by atoms with Crippen molar-refractivity contribution in [3.63, 3.8) is 0 Å². The molecule has 6 nitrogen and oxygen atoms in total. The van der Waals surface area contributed by atoms with Crippen molar-refractivity contribution in [2.45, 2.75) is 57.3 Å². The second-order valence-corrected chi connectivity index (χ2v) is 7.30. The molecular weight excluding hydrogens is 370 g/mol. The summed E-state index contributed by atoms with van der Waals surface area (Å²) < 4.78 is 11.6. The number of rotatable bonds is 9. The molecule has 2 aromatic carbocycles. The van der Waals surface area contributed by atoms with E-state index in [4.69, 9.17) is 9.47 Å². The van der Waals surface area contributed by atoms with E-state index >= 15 is 0 Å². The molecule has 0 unspecified atom stereocenters. The molecule has 2 aromatic rings. The number of hydrogen-bond acceptors (Lipinski definition) is 5. The lowest BCUT2D eigenvalue weighted by molar-refractivity contribution is -0.306. The number of aliphatic carboxylic acids is 1.